The summed E-state index contributed by atoms with van der Waals surface area (Å²) in [5.41, 5.74) is 0. The summed E-state index contributed by atoms with van der Waals surface area (Å²) >= 11 is 1.41. The minimum atomic E-state index is 0.746. The lowest BCUT2D eigenvalue weighted by Crippen LogP contribution is -2.22. The molecule has 13 heavy (non-hydrogen) atoms. The summed E-state index contributed by atoms with van der Waals surface area (Å²) in [7, 11) is 0. The van der Waals surface area contributed by atoms with Gasteiger partial charge in [0.05, 0.1) is 6.20 Å². The number of nitrogens with zero attached hydrogens (tertiary/aromatic N) is 2. The van der Waals surface area contributed by atoms with Crippen molar-refractivity contribution >= 4 is 16.5 Å². The molecule has 0 saturated carbocycles. The molecule has 4 nitrogen and oxygen atoms in total. The first-order chi connectivity index (χ1) is 6.45. The molecule has 2 rings (SSSR count). The van der Waals surface area contributed by atoms with Crippen LogP contribution >= 0.6 is 11.5 Å². The molecule has 1 fully saturated rings. The van der Waals surface area contributed by atoms with Crippen LogP contribution in [-0.2, 0) is 4.74 Å². The molecule has 0 bridgehead atoms. The number of hydrogen-bond donors (Lipinski definition) is 1. The second-order valence-electron chi connectivity index (χ2n) is 3.22. The van der Waals surface area contributed by atoms with Gasteiger partial charge in [-0.1, -0.05) is 4.49 Å². The predicted octanol–water partition coefficient (Wildman–Crippen LogP) is 1.38. The average molecular weight is 199 g/mol. The van der Waals surface area contributed by atoms with E-state index in [-0.39, 0.29) is 0 Å². The molecule has 1 aromatic rings. The first kappa shape index (κ1) is 8.90. The zero-order chi connectivity index (χ0) is 8.93. The quantitative estimate of drug-likeness (QED) is 0.799. The van der Waals surface area contributed by atoms with Crippen LogP contribution in [-0.4, -0.2) is 29.3 Å². The third-order valence-corrected chi connectivity index (χ3v) is 2.89. The Hall–Kier alpha value is -0.680. The number of hydrogen-bond acceptors (Lipinski definition) is 5. The van der Waals surface area contributed by atoms with E-state index in [2.05, 4.69) is 14.9 Å². The van der Waals surface area contributed by atoms with Crippen LogP contribution in [0.4, 0.5) is 5.00 Å². The van der Waals surface area contributed by atoms with E-state index in [0.29, 0.717) is 0 Å². The van der Waals surface area contributed by atoms with E-state index < -0.39 is 0 Å². The van der Waals surface area contributed by atoms with Gasteiger partial charge < -0.3 is 10.1 Å². The molecule has 0 spiro atoms. The number of aromatic nitrogens is 2. The maximum absolute atomic E-state index is 5.29. The van der Waals surface area contributed by atoms with Crippen molar-refractivity contribution in [2.75, 3.05) is 25.1 Å². The summed E-state index contributed by atoms with van der Waals surface area (Å²) in [5, 5.41) is 8.16. The van der Waals surface area contributed by atoms with Crippen LogP contribution in [0.5, 0.6) is 0 Å². The van der Waals surface area contributed by atoms with Crippen molar-refractivity contribution in [3.05, 3.63) is 6.20 Å². The van der Waals surface area contributed by atoms with Gasteiger partial charge >= 0.3 is 0 Å². The summed E-state index contributed by atoms with van der Waals surface area (Å²) in [5.74, 6) is 0.746. The Morgan fingerprint density at radius 1 is 1.54 bits per heavy atom. The predicted molar refractivity (Wildman–Crippen MR) is 51.9 cm³/mol. The first-order valence-electron chi connectivity index (χ1n) is 4.54. The van der Waals surface area contributed by atoms with Crippen LogP contribution in [0.2, 0.25) is 0 Å². The molecule has 0 radical (unpaired) electrons. The van der Waals surface area contributed by atoms with Gasteiger partial charge in [-0.25, -0.2) is 0 Å². The summed E-state index contributed by atoms with van der Waals surface area (Å²) in [6.07, 6.45) is 4.10. The van der Waals surface area contributed by atoms with Crippen LogP contribution in [0, 0.1) is 5.92 Å². The van der Waals surface area contributed by atoms with Crippen molar-refractivity contribution in [2.45, 2.75) is 12.8 Å². The minimum absolute atomic E-state index is 0.746. The van der Waals surface area contributed by atoms with E-state index >= 15 is 0 Å². The topological polar surface area (TPSA) is 47.0 Å². The average Bonchev–Trinajstić information content (AvgIpc) is 2.69. The van der Waals surface area contributed by atoms with Crippen molar-refractivity contribution in [1.29, 1.82) is 0 Å². The molecule has 1 N–H and O–H groups in total. The highest BCUT2D eigenvalue weighted by atomic mass is 32.1. The van der Waals surface area contributed by atoms with Crippen LogP contribution in [0.15, 0.2) is 6.20 Å². The first-order valence-corrected chi connectivity index (χ1v) is 5.31. The number of ether oxygens (including phenoxy) is 1. The fourth-order valence-electron chi connectivity index (χ4n) is 1.44. The maximum Gasteiger partial charge on any atom is 0.130 e. The van der Waals surface area contributed by atoms with E-state index in [0.717, 1.165) is 30.7 Å². The lowest BCUT2D eigenvalue weighted by atomic mass is 10.0. The smallest absolute Gasteiger partial charge is 0.130 e. The van der Waals surface area contributed by atoms with Crippen LogP contribution < -0.4 is 5.32 Å². The molecule has 1 aliphatic rings. The van der Waals surface area contributed by atoms with Gasteiger partial charge in [0.2, 0.25) is 0 Å². The summed E-state index contributed by atoms with van der Waals surface area (Å²) in [6.45, 7) is 2.84. The molecular weight excluding hydrogens is 186 g/mol. The van der Waals surface area contributed by atoms with E-state index in [4.69, 9.17) is 4.74 Å². The molecule has 1 aliphatic heterocycles. The van der Waals surface area contributed by atoms with Crippen molar-refractivity contribution in [1.82, 2.24) is 9.59 Å². The number of nitrogens with one attached hydrogen (secondary N) is 1. The molecule has 1 aromatic heterocycles. The molecule has 0 unspecified atom stereocenters. The third kappa shape index (κ3) is 2.63. The maximum atomic E-state index is 5.29. The molecular formula is C8H13N3OS. The second-order valence-corrected chi connectivity index (χ2v) is 4.00. The second kappa shape index (κ2) is 4.53. The number of rotatable bonds is 3. The highest BCUT2D eigenvalue weighted by molar-refractivity contribution is 7.09. The standard InChI is InChI=1S/C8H13N3OS/c1-3-12-4-2-7(1)5-9-8-6-10-11-13-8/h6-7,9H,1-5H2. The van der Waals surface area contributed by atoms with Crippen molar-refractivity contribution in [3.63, 3.8) is 0 Å². The Labute approximate surface area is 81.5 Å². The van der Waals surface area contributed by atoms with Gasteiger partial charge in [0.15, 0.2) is 0 Å². The van der Waals surface area contributed by atoms with Gasteiger partial charge in [0.25, 0.3) is 0 Å². The molecule has 72 valence electrons. The summed E-state index contributed by atoms with van der Waals surface area (Å²) < 4.78 is 9.08. The zero-order valence-electron chi connectivity index (χ0n) is 7.40. The molecule has 2 heterocycles. The van der Waals surface area contributed by atoms with Crippen molar-refractivity contribution in [3.8, 4) is 0 Å². The summed E-state index contributed by atoms with van der Waals surface area (Å²) in [6, 6.07) is 0. The molecule has 0 amide bonds. The van der Waals surface area contributed by atoms with Gasteiger partial charge in [-0.3, -0.25) is 0 Å². The SMILES string of the molecule is c1nnsc1NCC1CCOCC1. The lowest BCUT2D eigenvalue weighted by Gasteiger charge is -2.21. The molecule has 1 saturated heterocycles. The Morgan fingerprint density at radius 2 is 2.38 bits per heavy atom. The normalized spacial score (nSPS) is 18.8. The van der Waals surface area contributed by atoms with E-state index in [1.165, 1.54) is 24.4 Å². The Morgan fingerprint density at radius 3 is 3.08 bits per heavy atom. The van der Waals surface area contributed by atoms with E-state index in [1.54, 1.807) is 6.20 Å². The molecule has 0 aliphatic carbocycles. The Kier molecular flexibility index (Phi) is 3.10. The molecule has 5 heteroatoms. The lowest BCUT2D eigenvalue weighted by molar-refractivity contribution is 0.0699. The van der Waals surface area contributed by atoms with E-state index in [9.17, 15) is 0 Å². The van der Waals surface area contributed by atoms with Crippen LogP contribution in [0.1, 0.15) is 12.8 Å². The van der Waals surface area contributed by atoms with Gasteiger partial charge in [-0.05, 0) is 18.8 Å². The molecule has 0 atom stereocenters. The fourth-order valence-corrected chi connectivity index (χ4v) is 1.86. The zero-order valence-corrected chi connectivity index (χ0v) is 8.22. The Bertz CT molecular complexity index is 234. The fraction of sp³-hybridized carbons (Fsp3) is 0.750. The highest BCUT2D eigenvalue weighted by Crippen LogP contribution is 2.16. The van der Waals surface area contributed by atoms with Crippen LogP contribution in [0.3, 0.4) is 0 Å². The highest BCUT2D eigenvalue weighted by Gasteiger charge is 2.13. The summed E-state index contributed by atoms with van der Waals surface area (Å²) in [4.78, 5) is 0. The van der Waals surface area contributed by atoms with Gasteiger partial charge in [-0.2, -0.15) is 0 Å². The minimum Gasteiger partial charge on any atom is -0.381 e. The van der Waals surface area contributed by atoms with Crippen molar-refractivity contribution < 1.29 is 4.74 Å². The van der Waals surface area contributed by atoms with Crippen molar-refractivity contribution in [2.24, 2.45) is 5.92 Å². The van der Waals surface area contributed by atoms with E-state index in [1.807, 2.05) is 0 Å². The largest absolute Gasteiger partial charge is 0.381 e. The van der Waals surface area contributed by atoms with Gasteiger partial charge in [-0.15, -0.1) is 5.10 Å². The van der Waals surface area contributed by atoms with Gasteiger partial charge in [0, 0.05) is 31.3 Å². The molecule has 0 aromatic carbocycles. The number of anilines is 1. The third-order valence-electron chi connectivity index (χ3n) is 2.27. The van der Waals surface area contributed by atoms with Crippen LogP contribution in [0.25, 0.3) is 0 Å². The monoisotopic (exact) mass is 199 g/mol. The Balaban J connectivity index is 1.72. The van der Waals surface area contributed by atoms with Gasteiger partial charge in [0.1, 0.15) is 5.00 Å².